The third-order valence-corrected chi connectivity index (χ3v) is 1.33. The molecule has 0 amide bonds. The maximum absolute atomic E-state index is 6.64. The molecule has 8 heavy (non-hydrogen) atoms. The van der Waals surface area contributed by atoms with Crippen molar-refractivity contribution in [3.8, 4) is 0 Å². The Morgan fingerprint density at radius 2 is 2.38 bits per heavy atom. The lowest BCUT2D eigenvalue weighted by Gasteiger charge is -2.03. The summed E-state index contributed by atoms with van der Waals surface area (Å²) in [6.45, 7) is 4.20. The molecule has 0 aliphatic rings. The summed E-state index contributed by atoms with van der Waals surface area (Å²) in [5, 5.41) is 4.45. The molecule has 0 saturated heterocycles. The van der Waals surface area contributed by atoms with Gasteiger partial charge in [-0.05, 0) is 12.8 Å². The van der Waals surface area contributed by atoms with E-state index in [4.69, 9.17) is 1.43 Å². The van der Waals surface area contributed by atoms with Crippen LogP contribution in [0.15, 0.2) is 0 Å². The van der Waals surface area contributed by atoms with Gasteiger partial charge in [0, 0.05) is 0 Å². The molecule has 0 unspecified atom stereocenters. The van der Waals surface area contributed by atoms with Gasteiger partial charge in [-0.1, -0.05) is 26.7 Å². The average Bonchev–Trinajstić information content (AvgIpc) is 1.91. The fraction of sp³-hybridized carbons (Fsp3) is 1.00. The van der Waals surface area contributed by atoms with Gasteiger partial charge in [-0.15, -0.1) is 0 Å². The van der Waals surface area contributed by atoms with Gasteiger partial charge in [0.05, 0.1) is 6.10 Å². The molecule has 0 rings (SSSR count). The standard InChI is InChI=1S/C7H16O/c1-3-5-6-7(8)4-2/h7-8H,3-6H2,1-2H3/t7-/m0/s1/i8T. The second-order valence-corrected chi connectivity index (χ2v) is 2.17. The second-order valence-electron chi connectivity index (χ2n) is 2.17. The molecule has 1 N–H and O–H groups in total. The first-order chi connectivity index (χ1) is 4.35. The van der Waals surface area contributed by atoms with Crippen molar-refractivity contribution < 1.29 is 5.11 Å². The quantitative estimate of drug-likeness (QED) is 0.585. The predicted molar refractivity (Wildman–Crippen MR) is 35.8 cm³/mol. The fourth-order valence-corrected chi connectivity index (χ4v) is 0.636. The Kier molecular flexibility index (Phi) is 3.88. The van der Waals surface area contributed by atoms with Crippen LogP contribution in [0.3, 0.4) is 0 Å². The molecule has 0 aromatic carbocycles. The van der Waals surface area contributed by atoms with Crippen LogP contribution in [0.5, 0.6) is 0 Å². The highest BCUT2D eigenvalue weighted by molar-refractivity contribution is 4.49. The number of aliphatic hydroxyl groups is 1. The van der Waals surface area contributed by atoms with Crippen molar-refractivity contribution in [1.29, 1.82) is 1.43 Å². The Bertz CT molecular complexity index is 52.9. The number of rotatable bonds is 5. The smallest absolute Gasteiger partial charge is 0.210 e. The van der Waals surface area contributed by atoms with Gasteiger partial charge in [0.25, 0.3) is 0 Å². The molecule has 0 saturated carbocycles. The summed E-state index contributed by atoms with van der Waals surface area (Å²) in [7, 11) is 0. The van der Waals surface area contributed by atoms with Gasteiger partial charge in [0.1, 0.15) is 0 Å². The highest BCUT2D eigenvalue weighted by Gasteiger charge is 1.96. The minimum atomic E-state index is 0.171. The Labute approximate surface area is 53.2 Å². The van der Waals surface area contributed by atoms with Crippen LogP contribution in [0, 0.1) is 0 Å². The minimum Gasteiger partial charge on any atom is -0.393 e. The number of hydrogen-bond donors (Lipinski definition) is 1. The Morgan fingerprint density at radius 1 is 1.62 bits per heavy atom. The predicted octanol–water partition coefficient (Wildman–Crippen LogP) is 1.95. The second kappa shape index (κ2) is 5.10. The fourth-order valence-electron chi connectivity index (χ4n) is 0.636. The van der Waals surface area contributed by atoms with Crippen LogP contribution < -0.4 is 0 Å². The van der Waals surface area contributed by atoms with E-state index >= 15 is 0 Å². The first-order valence-corrected chi connectivity index (χ1v) is 3.47. The van der Waals surface area contributed by atoms with Crippen LogP contribution in [0.2, 0.25) is 0 Å². The van der Waals surface area contributed by atoms with E-state index in [1.807, 2.05) is 0 Å². The zero-order valence-electron chi connectivity index (χ0n) is 6.81. The van der Waals surface area contributed by atoms with E-state index in [2.05, 4.69) is 19.0 Å². The third kappa shape index (κ3) is 4.13. The van der Waals surface area contributed by atoms with Gasteiger partial charge < -0.3 is 5.11 Å². The molecule has 0 radical (unpaired) electrons. The molecule has 0 bridgehead atoms. The molecule has 0 spiro atoms. The van der Waals surface area contributed by atoms with Crippen molar-refractivity contribution in [1.82, 2.24) is 0 Å². The van der Waals surface area contributed by atoms with E-state index < -0.39 is 0 Å². The zero-order valence-corrected chi connectivity index (χ0v) is 5.81. The average molecular weight is 118 g/mol. The van der Waals surface area contributed by atoms with Crippen molar-refractivity contribution in [3.63, 3.8) is 0 Å². The zero-order chi connectivity index (χ0) is 7.11. The molecule has 0 fully saturated rings. The van der Waals surface area contributed by atoms with E-state index in [1.165, 1.54) is 12.8 Å². The van der Waals surface area contributed by atoms with E-state index in [0.717, 1.165) is 12.8 Å². The van der Waals surface area contributed by atoms with E-state index in [1.54, 1.807) is 0 Å². The molecular weight excluding hydrogens is 100 g/mol. The van der Waals surface area contributed by atoms with Crippen molar-refractivity contribution >= 4 is 0 Å². The summed E-state index contributed by atoms with van der Waals surface area (Å²) in [5.74, 6) is 0. The lowest BCUT2D eigenvalue weighted by molar-refractivity contribution is 0.157. The molecule has 1 nitrogen and oxygen atoms in total. The number of hydrogen-bond acceptors (Lipinski definition) is 1. The molecule has 0 aromatic rings. The van der Waals surface area contributed by atoms with Crippen LogP contribution in [-0.4, -0.2) is 12.6 Å². The summed E-state index contributed by atoms with van der Waals surface area (Å²) in [5.41, 5.74) is 0. The van der Waals surface area contributed by atoms with Gasteiger partial charge in [-0.25, -0.2) is 0 Å². The number of unbranched alkanes of at least 4 members (excludes halogenated alkanes) is 1. The van der Waals surface area contributed by atoms with Crippen LogP contribution >= 0.6 is 0 Å². The van der Waals surface area contributed by atoms with E-state index in [0.29, 0.717) is 0 Å². The maximum atomic E-state index is 6.64. The SMILES string of the molecule is [3H]O[C@@H](CC)CCCC. The monoisotopic (exact) mass is 118 g/mol. The normalized spacial score (nSPS) is 15.5. The first kappa shape index (κ1) is 6.09. The van der Waals surface area contributed by atoms with Crippen molar-refractivity contribution in [2.45, 2.75) is 45.6 Å². The lowest BCUT2D eigenvalue weighted by Crippen LogP contribution is -2.02. The summed E-state index contributed by atoms with van der Waals surface area (Å²) in [6.07, 6.45) is 4.54. The molecule has 0 heterocycles. The lowest BCUT2D eigenvalue weighted by atomic mass is 10.1. The van der Waals surface area contributed by atoms with Gasteiger partial charge in [-0.2, -0.15) is 0 Å². The maximum Gasteiger partial charge on any atom is 0.210 e. The molecule has 50 valence electrons. The Balaban J connectivity index is 3.09. The van der Waals surface area contributed by atoms with Crippen molar-refractivity contribution in [2.24, 2.45) is 0 Å². The molecular formula is C7H16O. The Morgan fingerprint density at radius 3 is 2.75 bits per heavy atom. The highest BCUT2D eigenvalue weighted by Crippen LogP contribution is 2.02. The van der Waals surface area contributed by atoms with Gasteiger partial charge in [0.15, 0.2) is 0 Å². The van der Waals surface area contributed by atoms with Crippen LogP contribution in [0.25, 0.3) is 0 Å². The van der Waals surface area contributed by atoms with Gasteiger partial charge in [0.2, 0.25) is 1.43 Å². The van der Waals surface area contributed by atoms with Gasteiger partial charge >= 0.3 is 0 Å². The summed E-state index contributed by atoms with van der Waals surface area (Å²) in [6, 6.07) is 0. The molecule has 1 heteroatoms. The van der Waals surface area contributed by atoms with Crippen LogP contribution in [-0.2, 0) is 0 Å². The molecule has 0 aliphatic heterocycles. The van der Waals surface area contributed by atoms with E-state index in [9.17, 15) is 0 Å². The largest absolute Gasteiger partial charge is 0.393 e. The van der Waals surface area contributed by atoms with Crippen LogP contribution in [0.4, 0.5) is 0 Å². The molecule has 1 atom stereocenters. The van der Waals surface area contributed by atoms with Crippen molar-refractivity contribution in [2.75, 3.05) is 0 Å². The molecule has 0 aliphatic carbocycles. The highest BCUT2D eigenvalue weighted by atomic mass is 16.3. The molecule has 0 aromatic heterocycles. The first-order valence-electron chi connectivity index (χ1n) is 3.87. The van der Waals surface area contributed by atoms with Gasteiger partial charge in [-0.3, -0.25) is 0 Å². The topological polar surface area (TPSA) is 20.2 Å². The summed E-state index contributed by atoms with van der Waals surface area (Å²) >= 11 is 0. The Hall–Kier alpha value is -0.0400. The number of aliphatic hydroxyl groups excluding tert-OH is 1. The summed E-state index contributed by atoms with van der Waals surface area (Å²) in [4.78, 5) is 0. The summed E-state index contributed by atoms with van der Waals surface area (Å²) < 4.78 is 6.64. The van der Waals surface area contributed by atoms with Crippen molar-refractivity contribution in [3.05, 3.63) is 0 Å². The third-order valence-electron chi connectivity index (χ3n) is 1.33. The van der Waals surface area contributed by atoms with E-state index in [-0.39, 0.29) is 6.10 Å². The van der Waals surface area contributed by atoms with Crippen LogP contribution in [0.1, 0.15) is 39.5 Å². The minimum absolute atomic E-state index is 0.171.